The van der Waals surface area contributed by atoms with Crippen molar-refractivity contribution in [3.63, 3.8) is 0 Å². The Bertz CT molecular complexity index is 811. The van der Waals surface area contributed by atoms with Crippen molar-refractivity contribution in [2.45, 2.75) is 52.0 Å². The zero-order valence-electron chi connectivity index (χ0n) is 17.4. The second kappa shape index (κ2) is 11.0. The number of aryl methyl sites for hydroxylation is 1. The Hall–Kier alpha value is -2.41. The number of rotatable bonds is 10. The Balaban J connectivity index is 1.56. The minimum Gasteiger partial charge on any atom is -0.378 e. The summed E-state index contributed by atoms with van der Waals surface area (Å²) in [6.07, 6.45) is 5.27. The van der Waals surface area contributed by atoms with E-state index in [1.165, 1.54) is 0 Å². The van der Waals surface area contributed by atoms with E-state index in [0.29, 0.717) is 39.3 Å². The third-order valence-electron chi connectivity index (χ3n) is 5.27. The molecule has 0 saturated carbocycles. The molecule has 158 valence electrons. The van der Waals surface area contributed by atoms with Crippen molar-refractivity contribution in [1.29, 1.82) is 0 Å². The molecule has 29 heavy (non-hydrogen) atoms. The summed E-state index contributed by atoms with van der Waals surface area (Å²) >= 11 is 0. The smallest absolute Gasteiger partial charge is 0.242 e. The largest absolute Gasteiger partial charge is 0.378 e. The number of hydrogen-bond acceptors (Lipinski definition) is 4. The second-order valence-electron chi connectivity index (χ2n) is 7.51. The van der Waals surface area contributed by atoms with E-state index in [4.69, 9.17) is 9.72 Å². The lowest BCUT2D eigenvalue weighted by Gasteiger charge is -2.27. The molecule has 7 nitrogen and oxygen atoms in total. The van der Waals surface area contributed by atoms with Gasteiger partial charge in [0, 0.05) is 32.5 Å². The number of carbonyl (C=O) groups excluding carboxylic acids is 2. The second-order valence-corrected chi connectivity index (χ2v) is 7.51. The highest BCUT2D eigenvalue weighted by Crippen LogP contribution is 2.18. The molecule has 0 spiro atoms. The van der Waals surface area contributed by atoms with Crippen LogP contribution in [0.4, 0.5) is 0 Å². The van der Waals surface area contributed by atoms with Crippen LogP contribution >= 0.6 is 0 Å². The fraction of sp³-hybridized carbons (Fsp3) is 0.591. The van der Waals surface area contributed by atoms with Crippen molar-refractivity contribution >= 4 is 22.8 Å². The molecule has 0 atom stereocenters. The predicted molar refractivity (Wildman–Crippen MR) is 113 cm³/mol. The Morgan fingerprint density at radius 3 is 2.72 bits per heavy atom. The molecule has 2 aromatic rings. The minimum absolute atomic E-state index is 0.122. The van der Waals surface area contributed by atoms with E-state index in [2.05, 4.69) is 9.88 Å². The topological polar surface area (TPSA) is 76.5 Å². The summed E-state index contributed by atoms with van der Waals surface area (Å²) < 4.78 is 7.42. The lowest BCUT2D eigenvalue weighted by atomic mass is 10.2. The van der Waals surface area contributed by atoms with Crippen LogP contribution in [-0.2, 0) is 27.3 Å². The fourth-order valence-electron chi connectivity index (χ4n) is 3.67. The number of benzene rings is 1. The van der Waals surface area contributed by atoms with Gasteiger partial charge in [-0.25, -0.2) is 4.98 Å². The van der Waals surface area contributed by atoms with Gasteiger partial charge in [-0.15, -0.1) is 0 Å². The number of carbonyl (C=O) groups is 2. The number of imidazole rings is 1. The SMILES string of the molecule is CCCC(=O)NCCCCCc1nc2ccccc2n1CC(=O)N1CCOCC1. The summed E-state index contributed by atoms with van der Waals surface area (Å²) in [5.74, 6) is 1.22. The Morgan fingerprint density at radius 2 is 1.93 bits per heavy atom. The van der Waals surface area contributed by atoms with Gasteiger partial charge >= 0.3 is 0 Å². The number of nitrogens with one attached hydrogen (secondary N) is 1. The molecule has 0 bridgehead atoms. The molecule has 2 amide bonds. The highest BCUT2D eigenvalue weighted by Gasteiger charge is 2.20. The van der Waals surface area contributed by atoms with Crippen LogP contribution in [0, 0.1) is 0 Å². The van der Waals surface area contributed by atoms with Gasteiger partial charge in [-0.05, 0) is 31.4 Å². The summed E-state index contributed by atoms with van der Waals surface area (Å²) in [5, 5.41) is 2.96. The van der Waals surface area contributed by atoms with Crippen molar-refractivity contribution in [1.82, 2.24) is 19.8 Å². The molecule has 1 aliphatic heterocycles. The first kappa shape index (κ1) is 21.3. The van der Waals surface area contributed by atoms with Crippen molar-refractivity contribution in [3.05, 3.63) is 30.1 Å². The van der Waals surface area contributed by atoms with Gasteiger partial charge in [0.05, 0.1) is 24.2 Å². The van der Waals surface area contributed by atoms with Gasteiger partial charge in [-0.3, -0.25) is 9.59 Å². The maximum absolute atomic E-state index is 12.8. The number of para-hydroxylation sites is 2. The van der Waals surface area contributed by atoms with Crippen LogP contribution in [0.15, 0.2) is 24.3 Å². The standard InChI is InChI=1S/C22H32N4O3/c1-2-8-21(27)23-12-7-3-4-11-20-24-18-9-5-6-10-19(18)26(20)17-22(28)25-13-15-29-16-14-25/h5-6,9-10H,2-4,7-8,11-17H2,1H3,(H,23,27). The number of fused-ring (bicyclic) bond motifs is 1. The van der Waals surface area contributed by atoms with Crippen LogP contribution < -0.4 is 5.32 Å². The summed E-state index contributed by atoms with van der Waals surface area (Å²) in [5.41, 5.74) is 1.94. The lowest BCUT2D eigenvalue weighted by Crippen LogP contribution is -2.42. The van der Waals surface area contributed by atoms with Crippen LogP contribution in [0.25, 0.3) is 11.0 Å². The van der Waals surface area contributed by atoms with Crippen molar-refractivity contribution < 1.29 is 14.3 Å². The molecule has 0 radical (unpaired) electrons. The Labute approximate surface area is 172 Å². The van der Waals surface area contributed by atoms with Gasteiger partial charge in [0.25, 0.3) is 0 Å². The molecule has 1 aromatic heterocycles. The van der Waals surface area contributed by atoms with Crippen LogP contribution in [-0.4, -0.2) is 59.1 Å². The highest BCUT2D eigenvalue weighted by molar-refractivity contribution is 5.81. The van der Waals surface area contributed by atoms with E-state index < -0.39 is 0 Å². The first-order chi connectivity index (χ1) is 14.2. The van der Waals surface area contributed by atoms with Crippen LogP contribution in [0.2, 0.25) is 0 Å². The maximum Gasteiger partial charge on any atom is 0.242 e. The van der Waals surface area contributed by atoms with Crippen LogP contribution in [0.3, 0.4) is 0 Å². The number of morpholine rings is 1. The third-order valence-corrected chi connectivity index (χ3v) is 5.27. The lowest BCUT2D eigenvalue weighted by molar-refractivity contribution is -0.135. The van der Waals surface area contributed by atoms with E-state index in [9.17, 15) is 9.59 Å². The third kappa shape index (κ3) is 6.03. The number of nitrogens with zero attached hydrogens (tertiary/aromatic N) is 3. The number of amides is 2. The van der Waals surface area contributed by atoms with Crippen LogP contribution in [0.1, 0.15) is 44.9 Å². The highest BCUT2D eigenvalue weighted by atomic mass is 16.5. The maximum atomic E-state index is 12.8. The molecule has 3 rings (SSSR count). The number of hydrogen-bond donors (Lipinski definition) is 1. The molecule has 2 heterocycles. The summed E-state index contributed by atoms with van der Waals surface area (Å²) in [4.78, 5) is 30.9. The van der Waals surface area contributed by atoms with E-state index >= 15 is 0 Å². The van der Waals surface area contributed by atoms with Gasteiger partial charge in [0.1, 0.15) is 12.4 Å². The molecule has 1 fully saturated rings. The van der Waals surface area contributed by atoms with Gasteiger partial charge in [-0.1, -0.05) is 25.5 Å². The molecular weight excluding hydrogens is 368 g/mol. The first-order valence-corrected chi connectivity index (χ1v) is 10.8. The molecule has 1 saturated heterocycles. The van der Waals surface area contributed by atoms with E-state index in [1.807, 2.05) is 36.1 Å². The Morgan fingerprint density at radius 1 is 1.14 bits per heavy atom. The number of unbranched alkanes of at least 4 members (excludes halogenated alkanes) is 2. The van der Waals surface area contributed by atoms with Gasteiger partial charge in [0.15, 0.2) is 0 Å². The fourth-order valence-corrected chi connectivity index (χ4v) is 3.67. The summed E-state index contributed by atoms with van der Waals surface area (Å²) in [6, 6.07) is 7.99. The molecular formula is C22H32N4O3. The normalized spacial score (nSPS) is 14.3. The predicted octanol–water partition coefficient (Wildman–Crippen LogP) is 2.52. The van der Waals surface area contributed by atoms with E-state index in [0.717, 1.165) is 55.5 Å². The zero-order valence-corrected chi connectivity index (χ0v) is 17.4. The summed E-state index contributed by atoms with van der Waals surface area (Å²) in [7, 11) is 0. The summed E-state index contributed by atoms with van der Waals surface area (Å²) in [6.45, 7) is 5.59. The monoisotopic (exact) mass is 400 g/mol. The molecule has 7 heteroatoms. The van der Waals surface area contributed by atoms with Gasteiger partial charge in [-0.2, -0.15) is 0 Å². The first-order valence-electron chi connectivity index (χ1n) is 10.8. The quantitative estimate of drug-likeness (QED) is 0.622. The van der Waals surface area contributed by atoms with Crippen molar-refractivity contribution in [3.8, 4) is 0 Å². The average molecular weight is 401 g/mol. The zero-order chi connectivity index (χ0) is 20.5. The number of ether oxygens (including phenoxy) is 1. The van der Waals surface area contributed by atoms with E-state index in [1.54, 1.807) is 0 Å². The van der Waals surface area contributed by atoms with Crippen molar-refractivity contribution in [2.24, 2.45) is 0 Å². The molecule has 1 aliphatic rings. The van der Waals surface area contributed by atoms with Gasteiger partial charge in [0.2, 0.25) is 11.8 Å². The minimum atomic E-state index is 0.122. The van der Waals surface area contributed by atoms with Crippen molar-refractivity contribution in [2.75, 3.05) is 32.8 Å². The van der Waals surface area contributed by atoms with Gasteiger partial charge < -0.3 is 19.5 Å². The molecule has 0 unspecified atom stereocenters. The molecule has 0 aliphatic carbocycles. The molecule has 1 aromatic carbocycles. The Kier molecular flexibility index (Phi) is 8.04. The van der Waals surface area contributed by atoms with E-state index in [-0.39, 0.29) is 11.8 Å². The van der Waals surface area contributed by atoms with Crippen LogP contribution in [0.5, 0.6) is 0 Å². The number of aromatic nitrogens is 2. The average Bonchev–Trinajstić information content (AvgIpc) is 3.09. The molecule has 1 N–H and O–H groups in total.